The van der Waals surface area contributed by atoms with E-state index < -0.39 is 0 Å². The van der Waals surface area contributed by atoms with Gasteiger partial charge in [0.25, 0.3) is 0 Å². The van der Waals surface area contributed by atoms with Gasteiger partial charge in [-0.1, -0.05) is 29.3 Å². The van der Waals surface area contributed by atoms with E-state index in [-0.39, 0.29) is 17.6 Å². The molecule has 0 aromatic heterocycles. The summed E-state index contributed by atoms with van der Waals surface area (Å²) >= 11 is 12.0. The van der Waals surface area contributed by atoms with Crippen LogP contribution < -0.4 is 5.73 Å². The summed E-state index contributed by atoms with van der Waals surface area (Å²) in [5.41, 5.74) is 7.41. The van der Waals surface area contributed by atoms with E-state index in [1.807, 2.05) is 18.2 Å². The van der Waals surface area contributed by atoms with Crippen molar-refractivity contribution < 1.29 is 5.11 Å². The van der Waals surface area contributed by atoms with E-state index in [1.165, 1.54) is 5.56 Å². The van der Waals surface area contributed by atoms with Gasteiger partial charge < -0.3 is 10.8 Å². The molecule has 0 radical (unpaired) electrons. The van der Waals surface area contributed by atoms with E-state index in [9.17, 15) is 5.11 Å². The molecule has 0 aliphatic heterocycles. The molecule has 0 saturated heterocycles. The lowest BCUT2D eigenvalue weighted by atomic mass is 9.81. The Morgan fingerprint density at radius 2 is 2.06 bits per heavy atom. The number of fused-ring (bicyclic) bond motifs is 1. The first kappa shape index (κ1) is 11.8. The van der Waals surface area contributed by atoms with Crippen LogP contribution >= 0.6 is 23.2 Å². The van der Waals surface area contributed by atoms with Gasteiger partial charge in [0.05, 0.1) is 16.1 Å². The fraction of sp³-hybridized carbons (Fsp3) is 0.538. The van der Waals surface area contributed by atoms with Crippen molar-refractivity contribution in [1.82, 2.24) is 0 Å². The van der Waals surface area contributed by atoms with Crippen LogP contribution in [0.4, 0.5) is 0 Å². The van der Waals surface area contributed by atoms with Crippen molar-refractivity contribution in [1.29, 1.82) is 0 Å². The van der Waals surface area contributed by atoms with E-state index in [1.54, 1.807) is 0 Å². The third-order valence-electron chi connectivity index (χ3n) is 4.46. The highest BCUT2D eigenvalue weighted by Crippen LogP contribution is 2.61. The van der Waals surface area contributed by atoms with E-state index in [2.05, 4.69) is 0 Å². The topological polar surface area (TPSA) is 46.2 Å². The van der Waals surface area contributed by atoms with Gasteiger partial charge in [0.1, 0.15) is 0 Å². The van der Waals surface area contributed by atoms with Crippen molar-refractivity contribution in [2.24, 2.45) is 11.7 Å². The highest BCUT2D eigenvalue weighted by Gasteiger charge is 2.65. The highest BCUT2D eigenvalue weighted by molar-refractivity contribution is 6.42. The average Bonchev–Trinajstić information content (AvgIpc) is 2.89. The predicted molar refractivity (Wildman–Crippen MR) is 69.5 cm³/mol. The van der Waals surface area contributed by atoms with Crippen molar-refractivity contribution in [3.05, 3.63) is 33.8 Å². The first-order chi connectivity index (χ1) is 8.05. The molecular weight excluding hydrogens is 257 g/mol. The fourth-order valence-electron chi connectivity index (χ4n) is 3.41. The summed E-state index contributed by atoms with van der Waals surface area (Å²) in [5.74, 6) is 0.392. The quantitative estimate of drug-likeness (QED) is 0.825. The molecule has 17 heavy (non-hydrogen) atoms. The zero-order valence-corrected chi connectivity index (χ0v) is 10.9. The zero-order chi connectivity index (χ0) is 12.2. The Balaban J connectivity index is 1.96. The molecule has 2 nitrogen and oxygen atoms in total. The Kier molecular flexibility index (Phi) is 2.67. The molecular formula is C13H15Cl2NO. The normalized spacial score (nSPS) is 39.9. The second-order valence-electron chi connectivity index (χ2n) is 5.23. The molecule has 2 saturated carbocycles. The third-order valence-corrected chi connectivity index (χ3v) is 5.19. The van der Waals surface area contributed by atoms with Crippen LogP contribution in [-0.2, 0) is 5.41 Å². The smallest absolute Gasteiger partial charge is 0.0595 e. The van der Waals surface area contributed by atoms with Gasteiger partial charge in [-0.3, -0.25) is 0 Å². The molecule has 2 aliphatic rings. The monoisotopic (exact) mass is 271 g/mol. The Morgan fingerprint density at radius 1 is 1.29 bits per heavy atom. The van der Waals surface area contributed by atoms with Crippen LogP contribution in [0, 0.1) is 5.92 Å². The van der Waals surface area contributed by atoms with Gasteiger partial charge in [-0.2, -0.15) is 0 Å². The maximum Gasteiger partial charge on any atom is 0.0595 e. The Hall–Kier alpha value is -0.280. The summed E-state index contributed by atoms with van der Waals surface area (Å²) in [6.45, 7) is 0. The number of benzene rings is 1. The number of halogens is 2. The first-order valence-corrected chi connectivity index (χ1v) is 6.70. The van der Waals surface area contributed by atoms with Gasteiger partial charge in [-0.15, -0.1) is 0 Å². The largest absolute Gasteiger partial charge is 0.393 e. The van der Waals surface area contributed by atoms with Gasteiger partial charge in [-0.25, -0.2) is 0 Å². The average molecular weight is 272 g/mol. The Bertz CT molecular complexity index is 465. The molecule has 0 spiro atoms. The van der Waals surface area contributed by atoms with Crippen molar-refractivity contribution in [3.8, 4) is 0 Å². The Labute approximate surface area is 111 Å². The second kappa shape index (κ2) is 3.86. The molecule has 3 N–H and O–H groups in total. The minimum Gasteiger partial charge on any atom is -0.393 e. The van der Waals surface area contributed by atoms with E-state index >= 15 is 0 Å². The summed E-state index contributed by atoms with van der Waals surface area (Å²) in [7, 11) is 0. The predicted octanol–water partition coefficient (Wildman–Crippen LogP) is 2.73. The van der Waals surface area contributed by atoms with Crippen LogP contribution in [0.3, 0.4) is 0 Å². The first-order valence-electron chi connectivity index (χ1n) is 5.95. The van der Waals surface area contributed by atoms with E-state index in [0.29, 0.717) is 16.0 Å². The SMILES string of the molecule is NC1C2C[C@H](O)CC[C@]12c1ccc(Cl)c(Cl)c1. The number of nitrogens with two attached hydrogens (primary N) is 1. The molecule has 92 valence electrons. The van der Waals surface area contributed by atoms with Crippen molar-refractivity contribution in [2.75, 3.05) is 0 Å². The van der Waals surface area contributed by atoms with E-state index in [0.717, 1.165) is 19.3 Å². The maximum atomic E-state index is 9.68. The lowest BCUT2D eigenvalue weighted by molar-refractivity contribution is 0.119. The van der Waals surface area contributed by atoms with Gasteiger partial charge in [0.15, 0.2) is 0 Å². The molecule has 2 unspecified atom stereocenters. The molecule has 1 aromatic rings. The van der Waals surface area contributed by atoms with Crippen LogP contribution in [0.2, 0.25) is 10.0 Å². The highest BCUT2D eigenvalue weighted by atomic mass is 35.5. The summed E-state index contributed by atoms with van der Waals surface area (Å²) in [5, 5.41) is 10.8. The fourth-order valence-corrected chi connectivity index (χ4v) is 3.71. The minimum atomic E-state index is -0.190. The summed E-state index contributed by atoms with van der Waals surface area (Å²) in [6.07, 6.45) is 2.38. The van der Waals surface area contributed by atoms with Gasteiger partial charge >= 0.3 is 0 Å². The molecule has 2 aliphatic carbocycles. The lowest BCUT2D eigenvalue weighted by Gasteiger charge is -2.25. The number of rotatable bonds is 1. The summed E-state index contributed by atoms with van der Waals surface area (Å²) < 4.78 is 0. The minimum absolute atomic E-state index is 0.0352. The van der Waals surface area contributed by atoms with Crippen molar-refractivity contribution in [3.63, 3.8) is 0 Å². The van der Waals surface area contributed by atoms with Crippen LogP contribution in [-0.4, -0.2) is 17.3 Å². The molecule has 1 aromatic carbocycles. The molecule has 0 amide bonds. The summed E-state index contributed by atoms with van der Waals surface area (Å²) in [4.78, 5) is 0. The molecule has 4 heteroatoms. The number of aliphatic hydroxyl groups excluding tert-OH is 1. The maximum absolute atomic E-state index is 9.68. The van der Waals surface area contributed by atoms with Crippen LogP contribution in [0.1, 0.15) is 24.8 Å². The van der Waals surface area contributed by atoms with Gasteiger partial charge in [-0.05, 0) is 42.9 Å². The zero-order valence-electron chi connectivity index (χ0n) is 9.37. The van der Waals surface area contributed by atoms with Crippen LogP contribution in [0.25, 0.3) is 0 Å². The lowest BCUT2D eigenvalue weighted by Crippen LogP contribution is -2.24. The number of hydrogen-bond donors (Lipinski definition) is 2. The number of hydrogen-bond acceptors (Lipinski definition) is 2. The molecule has 3 rings (SSSR count). The standard InChI is InChI=1S/C13H15Cl2NO/c14-10-2-1-7(5-11(10)15)13-4-3-8(17)6-9(13)12(13)16/h1-2,5,8-9,12,17H,3-4,6,16H2/t8-,9?,12?,13-/m1/s1. The summed E-state index contributed by atoms with van der Waals surface area (Å²) in [6, 6.07) is 5.94. The number of aliphatic hydroxyl groups is 1. The van der Waals surface area contributed by atoms with Gasteiger partial charge in [0.2, 0.25) is 0 Å². The van der Waals surface area contributed by atoms with Gasteiger partial charge in [0, 0.05) is 11.5 Å². The second-order valence-corrected chi connectivity index (χ2v) is 6.04. The molecule has 2 fully saturated rings. The molecule has 0 bridgehead atoms. The van der Waals surface area contributed by atoms with Crippen molar-refractivity contribution >= 4 is 23.2 Å². The van der Waals surface area contributed by atoms with Crippen LogP contribution in [0.5, 0.6) is 0 Å². The van der Waals surface area contributed by atoms with Crippen molar-refractivity contribution in [2.45, 2.75) is 36.8 Å². The van der Waals surface area contributed by atoms with E-state index in [4.69, 9.17) is 28.9 Å². The molecule has 0 heterocycles. The van der Waals surface area contributed by atoms with Crippen LogP contribution in [0.15, 0.2) is 18.2 Å². The molecule has 4 atom stereocenters. The third kappa shape index (κ3) is 1.62. The Morgan fingerprint density at radius 3 is 2.71 bits per heavy atom.